The minimum atomic E-state index is 0.805. The topological polar surface area (TPSA) is 42.7 Å². The van der Waals surface area contributed by atoms with Gasteiger partial charge in [0.1, 0.15) is 0 Å². The van der Waals surface area contributed by atoms with Crippen molar-refractivity contribution in [2.24, 2.45) is 0 Å². The minimum Gasteiger partial charge on any atom is -0.311 e. The summed E-state index contributed by atoms with van der Waals surface area (Å²) in [6.07, 6.45) is 4.15. The van der Waals surface area contributed by atoms with Crippen molar-refractivity contribution in [3.05, 3.63) is 47.8 Å². The van der Waals surface area contributed by atoms with Gasteiger partial charge in [-0.3, -0.25) is 4.68 Å². The van der Waals surface area contributed by atoms with Crippen molar-refractivity contribution < 1.29 is 0 Å². The van der Waals surface area contributed by atoms with Gasteiger partial charge in [-0.25, -0.2) is 0 Å². The molecule has 4 nitrogen and oxygen atoms in total. The van der Waals surface area contributed by atoms with E-state index in [0.717, 1.165) is 38.2 Å². The summed E-state index contributed by atoms with van der Waals surface area (Å²) in [4.78, 5) is 0. The van der Waals surface area contributed by atoms with Crippen LogP contribution in [0.4, 0.5) is 0 Å². The van der Waals surface area contributed by atoms with Crippen molar-refractivity contribution in [2.45, 2.75) is 32.9 Å². The first-order valence-corrected chi connectivity index (χ1v) is 6.52. The predicted octanol–water partition coefficient (Wildman–Crippen LogP) is 2.02. The summed E-state index contributed by atoms with van der Waals surface area (Å²) in [6.45, 7) is 4.87. The van der Waals surface area contributed by atoms with Gasteiger partial charge in [0, 0.05) is 19.3 Å². The number of hydrogen-bond acceptors (Lipinski definition) is 3. The fourth-order valence-electron chi connectivity index (χ4n) is 1.81. The molecule has 0 aliphatic heterocycles. The molecule has 2 rings (SSSR count). The Bertz CT molecular complexity index is 450. The van der Waals surface area contributed by atoms with Crippen molar-refractivity contribution in [3.63, 3.8) is 0 Å². The monoisotopic (exact) mass is 244 g/mol. The van der Waals surface area contributed by atoms with Gasteiger partial charge in [-0.1, -0.05) is 42.5 Å². The van der Waals surface area contributed by atoms with Crippen LogP contribution in [0.2, 0.25) is 0 Å². The van der Waals surface area contributed by atoms with Crippen LogP contribution in [0.5, 0.6) is 0 Å². The second kappa shape index (κ2) is 6.91. The van der Waals surface area contributed by atoms with Gasteiger partial charge in [0.15, 0.2) is 0 Å². The standard InChI is InChI=1S/C14H20N4/c1-2-9-15-11-14-12-18(17-16-14)10-8-13-6-4-3-5-7-13/h3-7,12,15H,2,8-11H2,1H3. The van der Waals surface area contributed by atoms with Crippen LogP contribution in [0, 0.1) is 0 Å². The Balaban J connectivity index is 1.80. The van der Waals surface area contributed by atoms with Crippen LogP contribution in [0.3, 0.4) is 0 Å². The average molecular weight is 244 g/mol. The van der Waals surface area contributed by atoms with Crippen LogP contribution in [-0.4, -0.2) is 21.5 Å². The van der Waals surface area contributed by atoms with Crippen molar-refractivity contribution in [2.75, 3.05) is 6.54 Å². The van der Waals surface area contributed by atoms with Gasteiger partial charge in [0.25, 0.3) is 0 Å². The van der Waals surface area contributed by atoms with E-state index in [1.165, 1.54) is 5.56 Å². The third kappa shape index (κ3) is 3.96. The van der Waals surface area contributed by atoms with Gasteiger partial charge in [0.2, 0.25) is 0 Å². The lowest BCUT2D eigenvalue weighted by Crippen LogP contribution is -2.13. The molecule has 1 N–H and O–H groups in total. The lowest BCUT2D eigenvalue weighted by atomic mass is 10.1. The molecule has 96 valence electrons. The Morgan fingerprint density at radius 3 is 2.83 bits per heavy atom. The molecule has 0 radical (unpaired) electrons. The van der Waals surface area contributed by atoms with Gasteiger partial charge >= 0.3 is 0 Å². The molecule has 0 spiro atoms. The summed E-state index contributed by atoms with van der Waals surface area (Å²) in [6, 6.07) is 10.4. The molecule has 0 unspecified atom stereocenters. The zero-order chi connectivity index (χ0) is 12.6. The van der Waals surface area contributed by atoms with Crippen LogP contribution in [-0.2, 0) is 19.5 Å². The molecule has 18 heavy (non-hydrogen) atoms. The second-order valence-corrected chi connectivity index (χ2v) is 4.39. The number of aromatic nitrogens is 3. The van der Waals surface area contributed by atoms with Gasteiger partial charge in [-0.05, 0) is 24.9 Å². The lowest BCUT2D eigenvalue weighted by molar-refractivity contribution is 0.589. The summed E-state index contributed by atoms with van der Waals surface area (Å²) >= 11 is 0. The van der Waals surface area contributed by atoms with Crippen LogP contribution in [0.15, 0.2) is 36.5 Å². The number of nitrogens with zero attached hydrogens (tertiary/aromatic N) is 3. The Morgan fingerprint density at radius 2 is 2.06 bits per heavy atom. The third-order valence-corrected chi connectivity index (χ3v) is 2.79. The van der Waals surface area contributed by atoms with E-state index in [2.05, 4.69) is 46.8 Å². The maximum absolute atomic E-state index is 4.15. The molecule has 1 aromatic heterocycles. The SMILES string of the molecule is CCCNCc1cn(CCc2ccccc2)nn1. The highest BCUT2D eigenvalue weighted by atomic mass is 15.4. The summed E-state index contributed by atoms with van der Waals surface area (Å²) in [7, 11) is 0. The molecule has 2 aromatic rings. The first-order valence-electron chi connectivity index (χ1n) is 6.52. The van der Waals surface area contributed by atoms with Crippen molar-refractivity contribution in [1.29, 1.82) is 0 Å². The van der Waals surface area contributed by atoms with Crippen molar-refractivity contribution in [3.8, 4) is 0 Å². The van der Waals surface area contributed by atoms with E-state index in [9.17, 15) is 0 Å². The molecule has 1 heterocycles. The average Bonchev–Trinajstić information content (AvgIpc) is 2.86. The van der Waals surface area contributed by atoms with Gasteiger partial charge in [-0.2, -0.15) is 0 Å². The first-order chi connectivity index (χ1) is 8.88. The van der Waals surface area contributed by atoms with Crippen LogP contribution in [0.25, 0.3) is 0 Å². The highest BCUT2D eigenvalue weighted by Crippen LogP contribution is 2.01. The Hall–Kier alpha value is -1.68. The Labute approximate surface area is 108 Å². The number of benzene rings is 1. The molecule has 0 aliphatic carbocycles. The van der Waals surface area contributed by atoms with E-state index in [0.29, 0.717) is 0 Å². The molecule has 0 atom stereocenters. The Kier molecular flexibility index (Phi) is 4.90. The van der Waals surface area contributed by atoms with Crippen LogP contribution < -0.4 is 5.32 Å². The van der Waals surface area contributed by atoms with Crippen LogP contribution in [0.1, 0.15) is 24.6 Å². The number of nitrogens with one attached hydrogen (secondary N) is 1. The van der Waals surface area contributed by atoms with Gasteiger partial charge in [0.05, 0.1) is 5.69 Å². The summed E-state index contributed by atoms with van der Waals surface area (Å²) < 4.78 is 1.91. The smallest absolute Gasteiger partial charge is 0.0964 e. The number of rotatable bonds is 7. The van der Waals surface area contributed by atoms with E-state index in [4.69, 9.17) is 0 Å². The highest BCUT2D eigenvalue weighted by Gasteiger charge is 2.00. The maximum Gasteiger partial charge on any atom is 0.0964 e. The number of aryl methyl sites for hydroxylation is 2. The quantitative estimate of drug-likeness (QED) is 0.758. The molecule has 0 saturated carbocycles. The van der Waals surface area contributed by atoms with E-state index >= 15 is 0 Å². The van der Waals surface area contributed by atoms with E-state index < -0.39 is 0 Å². The lowest BCUT2D eigenvalue weighted by Gasteiger charge is -2.00. The Morgan fingerprint density at radius 1 is 1.22 bits per heavy atom. The molecule has 0 aliphatic rings. The summed E-state index contributed by atoms with van der Waals surface area (Å²) in [5, 5.41) is 11.6. The van der Waals surface area contributed by atoms with Crippen molar-refractivity contribution in [1.82, 2.24) is 20.3 Å². The van der Waals surface area contributed by atoms with Gasteiger partial charge in [-0.15, -0.1) is 5.10 Å². The predicted molar refractivity (Wildman–Crippen MR) is 72.2 cm³/mol. The molecule has 0 saturated heterocycles. The normalized spacial score (nSPS) is 10.7. The number of hydrogen-bond donors (Lipinski definition) is 1. The highest BCUT2D eigenvalue weighted by molar-refractivity contribution is 5.14. The molecule has 1 aromatic carbocycles. The van der Waals surface area contributed by atoms with E-state index in [-0.39, 0.29) is 0 Å². The van der Waals surface area contributed by atoms with E-state index in [1.54, 1.807) is 0 Å². The third-order valence-electron chi connectivity index (χ3n) is 2.79. The molecule has 0 amide bonds. The zero-order valence-corrected chi connectivity index (χ0v) is 10.8. The summed E-state index contributed by atoms with van der Waals surface area (Å²) in [5.41, 5.74) is 2.34. The molecular formula is C14H20N4. The molecule has 4 heteroatoms. The summed E-state index contributed by atoms with van der Waals surface area (Å²) in [5.74, 6) is 0. The molecule has 0 fully saturated rings. The fourth-order valence-corrected chi connectivity index (χ4v) is 1.81. The van der Waals surface area contributed by atoms with Crippen LogP contribution >= 0.6 is 0 Å². The van der Waals surface area contributed by atoms with Crippen molar-refractivity contribution >= 4 is 0 Å². The zero-order valence-electron chi connectivity index (χ0n) is 10.8. The largest absolute Gasteiger partial charge is 0.311 e. The maximum atomic E-state index is 4.15. The first kappa shape index (κ1) is 12.8. The second-order valence-electron chi connectivity index (χ2n) is 4.39. The molecular weight excluding hydrogens is 224 g/mol. The molecule has 0 bridgehead atoms. The fraction of sp³-hybridized carbons (Fsp3) is 0.429. The van der Waals surface area contributed by atoms with Gasteiger partial charge < -0.3 is 5.32 Å². The minimum absolute atomic E-state index is 0.805. The van der Waals surface area contributed by atoms with E-state index in [1.807, 2.05) is 16.9 Å².